The van der Waals surface area contributed by atoms with Crippen LogP contribution in [0.3, 0.4) is 0 Å². The maximum atomic E-state index is 14.0. The summed E-state index contributed by atoms with van der Waals surface area (Å²) >= 11 is 0. The third kappa shape index (κ3) is 3.04. The van der Waals surface area contributed by atoms with E-state index < -0.39 is 10.8 Å². The highest BCUT2D eigenvalue weighted by Gasteiger charge is 2.87. The lowest BCUT2D eigenvalue weighted by atomic mass is 9.83. The quantitative estimate of drug-likeness (QED) is 0.369. The van der Waals surface area contributed by atoms with E-state index in [-0.39, 0.29) is 24.2 Å². The first kappa shape index (κ1) is 21.8. The number of H-pyrrole nitrogens is 1. The van der Waals surface area contributed by atoms with Crippen LogP contribution in [-0.4, -0.2) is 40.1 Å². The average Bonchev–Trinajstić information content (AvgIpc) is 3.40. The van der Waals surface area contributed by atoms with Crippen LogP contribution >= 0.6 is 0 Å². The van der Waals surface area contributed by atoms with E-state index in [1.807, 2.05) is 30.3 Å². The Balaban J connectivity index is 1.10. The molecule has 6 nitrogen and oxygen atoms in total. The Kier molecular flexibility index (Phi) is 4.48. The summed E-state index contributed by atoms with van der Waals surface area (Å²) in [7, 11) is -1.24. The Morgan fingerprint density at radius 2 is 1.92 bits per heavy atom. The SMILES string of the molecule is O=S(CC12CC1[C@@]2(CO)Cc1c[nH]c2ccccc12)c1cc(-c2ccc3c(c2)OCO3)cc2c1OCC2. The molecule has 37 heavy (non-hydrogen) atoms. The number of aromatic nitrogens is 1. The molecule has 4 atom stereocenters. The molecule has 3 unspecified atom stereocenters. The third-order valence-electron chi connectivity index (χ3n) is 9.20. The predicted octanol–water partition coefficient (Wildman–Crippen LogP) is 4.85. The molecule has 1 aromatic heterocycles. The first-order valence-electron chi connectivity index (χ1n) is 12.9. The molecule has 0 amide bonds. The van der Waals surface area contributed by atoms with Crippen LogP contribution in [0.1, 0.15) is 17.5 Å². The molecule has 0 spiro atoms. The minimum atomic E-state index is -1.24. The molecule has 2 aliphatic carbocycles. The third-order valence-corrected chi connectivity index (χ3v) is 10.8. The lowest BCUT2D eigenvalue weighted by Gasteiger charge is -2.25. The first-order valence-corrected chi connectivity index (χ1v) is 14.2. The molecule has 8 rings (SSSR count). The summed E-state index contributed by atoms with van der Waals surface area (Å²) in [6, 6.07) is 18.4. The highest BCUT2D eigenvalue weighted by Crippen LogP contribution is 2.88. The van der Waals surface area contributed by atoms with Gasteiger partial charge in [-0.2, -0.15) is 0 Å². The van der Waals surface area contributed by atoms with Gasteiger partial charge in [-0.25, -0.2) is 0 Å². The van der Waals surface area contributed by atoms with Crippen LogP contribution in [-0.2, 0) is 23.6 Å². The Morgan fingerprint density at radius 3 is 2.81 bits per heavy atom. The summed E-state index contributed by atoms with van der Waals surface area (Å²) in [5.41, 5.74) is 5.22. The van der Waals surface area contributed by atoms with Crippen LogP contribution in [0.2, 0.25) is 0 Å². The highest BCUT2D eigenvalue weighted by atomic mass is 32.2. The number of aromatic amines is 1. The minimum absolute atomic E-state index is 0.0643. The maximum Gasteiger partial charge on any atom is 0.231 e. The Morgan fingerprint density at radius 1 is 1.03 bits per heavy atom. The molecule has 0 saturated heterocycles. The van der Waals surface area contributed by atoms with E-state index in [1.165, 1.54) is 10.9 Å². The Hall–Kier alpha value is -3.29. The van der Waals surface area contributed by atoms with E-state index in [1.54, 1.807) is 0 Å². The van der Waals surface area contributed by atoms with Crippen molar-refractivity contribution in [2.45, 2.75) is 24.2 Å². The molecule has 0 radical (unpaired) electrons. The number of hydrogen-bond donors (Lipinski definition) is 2. The number of benzene rings is 3. The van der Waals surface area contributed by atoms with E-state index in [9.17, 15) is 9.32 Å². The predicted molar refractivity (Wildman–Crippen MR) is 141 cm³/mol. The van der Waals surface area contributed by atoms with Gasteiger partial charge in [0.25, 0.3) is 0 Å². The molecule has 3 aromatic carbocycles. The Bertz CT molecular complexity index is 1610. The van der Waals surface area contributed by atoms with Gasteiger partial charge in [0.2, 0.25) is 6.79 Å². The molecule has 3 heterocycles. The largest absolute Gasteiger partial charge is 0.492 e. The van der Waals surface area contributed by atoms with Gasteiger partial charge in [-0.3, -0.25) is 4.21 Å². The summed E-state index contributed by atoms with van der Waals surface area (Å²) < 4.78 is 31.0. The van der Waals surface area contributed by atoms with Gasteiger partial charge >= 0.3 is 0 Å². The van der Waals surface area contributed by atoms with Crippen molar-refractivity contribution in [3.63, 3.8) is 0 Å². The van der Waals surface area contributed by atoms with E-state index in [0.29, 0.717) is 18.3 Å². The molecular weight excluding hydrogens is 486 g/mol. The number of rotatable bonds is 7. The zero-order valence-corrected chi connectivity index (χ0v) is 21.1. The summed E-state index contributed by atoms with van der Waals surface area (Å²) in [5.74, 6) is 3.25. The van der Waals surface area contributed by atoms with Crippen molar-refractivity contribution >= 4 is 21.7 Å². The monoisotopic (exact) mass is 513 g/mol. The fourth-order valence-corrected chi connectivity index (χ4v) is 8.84. The standard InChI is InChI=1S/C30H27NO5S/c32-15-29(12-21-14-31-23-4-2-1-3-22(21)23)27-13-30(27,29)16-37(33)26-11-20(9-19-7-8-34-28(19)26)18-5-6-24-25(10-18)36-17-35-24/h1-6,9-11,14,27,31-32H,7-8,12-13,15-17H2/t27?,29-,30?,37?/m0/s1. The van der Waals surface area contributed by atoms with Crippen molar-refractivity contribution in [2.75, 3.05) is 25.8 Å². The molecule has 0 bridgehead atoms. The van der Waals surface area contributed by atoms with E-state index in [4.69, 9.17) is 14.2 Å². The summed E-state index contributed by atoms with van der Waals surface area (Å²) in [4.78, 5) is 4.13. The van der Waals surface area contributed by atoms with Crippen molar-refractivity contribution < 1.29 is 23.5 Å². The number of ether oxygens (including phenoxy) is 3. The lowest BCUT2D eigenvalue weighted by Crippen LogP contribution is -2.27. The van der Waals surface area contributed by atoms with Crippen molar-refractivity contribution in [3.05, 3.63) is 71.9 Å². The molecule has 4 aromatic rings. The van der Waals surface area contributed by atoms with Gasteiger partial charge in [0.1, 0.15) is 5.75 Å². The average molecular weight is 514 g/mol. The number of aliphatic hydroxyl groups excluding tert-OH is 1. The second kappa shape index (κ2) is 7.62. The van der Waals surface area contributed by atoms with Crippen LogP contribution < -0.4 is 14.2 Å². The van der Waals surface area contributed by atoms with Gasteiger partial charge in [0.05, 0.1) is 22.3 Å². The Labute approximate surface area is 217 Å². The summed E-state index contributed by atoms with van der Waals surface area (Å²) in [5, 5.41) is 11.8. The fourth-order valence-electron chi connectivity index (χ4n) is 6.95. The molecule has 188 valence electrons. The van der Waals surface area contributed by atoms with Gasteiger partial charge in [0.15, 0.2) is 11.5 Å². The van der Waals surface area contributed by atoms with Crippen LogP contribution in [0, 0.1) is 16.7 Å². The minimum Gasteiger partial charge on any atom is -0.492 e. The fraction of sp³-hybridized carbons (Fsp3) is 0.333. The molecular formula is C30H27NO5S. The van der Waals surface area contributed by atoms with Crippen molar-refractivity contribution in [1.82, 2.24) is 4.98 Å². The van der Waals surface area contributed by atoms with Crippen LogP contribution in [0.4, 0.5) is 0 Å². The maximum absolute atomic E-state index is 14.0. The second-order valence-electron chi connectivity index (χ2n) is 10.9. The smallest absolute Gasteiger partial charge is 0.231 e. The van der Waals surface area contributed by atoms with Crippen molar-refractivity contribution in [1.29, 1.82) is 0 Å². The van der Waals surface area contributed by atoms with Gasteiger partial charge in [-0.15, -0.1) is 0 Å². The lowest BCUT2D eigenvalue weighted by molar-refractivity contribution is 0.145. The normalized spacial score (nSPS) is 27.0. The molecule has 7 heteroatoms. The van der Waals surface area contributed by atoms with Crippen LogP contribution in [0.5, 0.6) is 17.2 Å². The highest BCUT2D eigenvalue weighted by molar-refractivity contribution is 7.85. The van der Waals surface area contributed by atoms with Gasteiger partial charge < -0.3 is 24.3 Å². The van der Waals surface area contributed by atoms with Gasteiger partial charge in [0, 0.05) is 41.3 Å². The molecule has 2 fully saturated rings. The second-order valence-corrected chi connectivity index (χ2v) is 12.3. The van der Waals surface area contributed by atoms with Crippen LogP contribution in [0.25, 0.3) is 22.0 Å². The van der Waals surface area contributed by atoms with Crippen molar-refractivity contribution in [2.24, 2.45) is 16.7 Å². The number of aliphatic hydroxyl groups is 1. The summed E-state index contributed by atoms with van der Waals surface area (Å²) in [6.45, 7) is 0.972. The van der Waals surface area contributed by atoms with E-state index in [2.05, 4.69) is 35.4 Å². The van der Waals surface area contributed by atoms with Crippen molar-refractivity contribution in [3.8, 4) is 28.4 Å². The zero-order valence-electron chi connectivity index (χ0n) is 20.3. The van der Waals surface area contributed by atoms with E-state index in [0.717, 1.165) is 63.6 Å². The molecule has 2 N–H and O–H groups in total. The number of fused-ring (bicyclic) bond motifs is 4. The molecule has 4 aliphatic rings. The number of hydrogen-bond acceptors (Lipinski definition) is 5. The van der Waals surface area contributed by atoms with E-state index >= 15 is 0 Å². The summed E-state index contributed by atoms with van der Waals surface area (Å²) in [6.07, 6.45) is 4.72. The topological polar surface area (TPSA) is 80.8 Å². The molecule has 2 aliphatic heterocycles. The number of nitrogens with one attached hydrogen (secondary N) is 1. The molecule has 2 saturated carbocycles. The number of para-hydroxylation sites is 1. The van der Waals surface area contributed by atoms with Crippen LogP contribution in [0.15, 0.2) is 65.7 Å². The first-order chi connectivity index (χ1) is 18.1. The van der Waals surface area contributed by atoms with Gasteiger partial charge in [-0.05, 0) is 76.8 Å². The zero-order chi connectivity index (χ0) is 24.8. The van der Waals surface area contributed by atoms with Gasteiger partial charge in [-0.1, -0.05) is 24.3 Å².